The van der Waals surface area contributed by atoms with E-state index in [-0.39, 0.29) is 13.4 Å². The molecule has 0 aliphatic heterocycles. The predicted octanol–water partition coefficient (Wildman–Crippen LogP) is 0.686. The fraction of sp³-hybridized carbons (Fsp3) is 0.333. The maximum Gasteiger partial charge on any atom is 0.144 e. The van der Waals surface area contributed by atoms with Crippen molar-refractivity contribution in [2.24, 2.45) is 0 Å². The zero-order valence-electron chi connectivity index (χ0n) is 6.68. The minimum absolute atomic E-state index is 0.120. The largest absolute Gasteiger partial charge is 0.393 e. The molecule has 0 bridgehead atoms. The number of hydrogen-bond donors (Lipinski definition) is 2. The van der Waals surface area contributed by atoms with Crippen LogP contribution in [0.25, 0.3) is 0 Å². The standard InChI is InChI=1S/C9H12O3/c10-6-9(12-7-11)8-4-2-1-3-5-8/h1-5,9-11H,6-7H2. The van der Waals surface area contributed by atoms with Crippen molar-refractivity contribution in [1.82, 2.24) is 0 Å². The van der Waals surface area contributed by atoms with Gasteiger partial charge in [0.05, 0.1) is 6.61 Å². The lowest BCUT2D eigenvalue weighted by molar-refractivity contribution is -0.0707. The van der Waals surface area contributed by atoms with E-state index in [2.05, 4.69) is 0 Å². The Bertz CT molecular complexity index is 210. The summed E-state index contributed by atoms with van der Waals surface area (Å²) in [6.07, 6.45) is -0.420. The second kappa shape index (κ2) is 4.87. The highest BCUT2D eigenvalue weighted by atomic mass is 16.6. The molecule has 1 atom stereocenters. The highest BCUT2D eigenvalue weighted by Crippen LogP contribution is 2.15. The third-order valence-electron chi connectivity index (χ3n) is 1.61. The van der Waals surface area contributed by atoms with Crippen LogP contribution in [0.4, 0.5) is 0 Å². The Morgan fingerprint density at radius 1 is 1.17 bits per heavy atom. The first kappa shape index (κ1) is 9.19. The van der Waals surface area contributed by atoms with Crippen LogP contribution in [-0.2, 0) is 4.74 Å². The fourth-order valence-corrected chi connectivity index (χ4v) is 1.01. The van der Waals surface area contributed by atoms with Crippen LogP contribution in [-0.4, -0.2) is 23.6 Å². The molecule has 1 rings (SSSR count). The van der Waals surface area contributed by atoms with Gasteiger partial charge in [0.2, 0.25) is 0 Å². The highest BCUT2D eigenvalue weighted by molar-refractivity contribution is 5.17. The molecule has 0 amide bonds. The Morgan fingerprint density at radius 2 is 1.83 bits per heavy atom. The van der Waals surface area contributed by atoms with Crippen LogP contribution >= 0.6 is 0 Å². The maximum atomic E-state index is 8.87. The van der Waals surface area contributed by atoms with E-state index in [4.69, 9.17) is 14.9 Å². The number of rotatable bonds is 4. The Kier molecular flexibility index (Phi) is 3.73. The van der Waals surface area contributed by atoms with E-state index in [1.54, 1.807) is 0 Å². The zero-order chi connectivity index (χ0) is 8.81. The van der Waals surface area contributed by atoms with E-state index in [0.717, 1.165) is 5.56 Å². The molecular weight excluding hydrogens is 156 g/mol. The van der Waals surface area contributed by atoms with Gasteiger partial charge in [0.25, 0.3) is 0 Å². The molecule has 0 aliphatic rings. The van der Waals surface area contributed by atoms with Gasteiger partial charge in [-0.3, -0.25) is 0 Å². The van der Waals surface area contributed by atoms with Gasteiger partial charge in [-0.05, 0) is 5.56 Å². The molecule has 12 heavy (non-hydrogen) atoms. The summed E-state index contributed by atoms with van der Waals surface area (Å²) < 4.78 is 4.88. The average molecular weight is 168 g/mol. The van der Waals surface area contributed by atoms with Gasteiger partial charge in [-0.25, -0.2) is 0 Å². The Labute approximate surface area is 71.2 Å². The smallest absolute Gasteiger partial charge is 0.144 e. The SMILES string of the molecule is OCOC(CO)c1ccccc1. The van der Waals surface area contributed by atoms with Crippen molar-refractivity contribution in [3.63, 3.8) is 0 Å². The molecule has 3 nitrogen and oxygen atoms in total. The van der Waals surface area contributed by atoms with Gasteiger partial charge >= 0.3 is 0 Å². The fourth-order valence-electron chi connectivity index (χ4n) is 1.01. The third-order valence-corrected chi connectivity index (χ3v) is 1.61. The van der Waals surface area contributed by atoms with E-state index in [1.807, 2.05) is 30.3 Å². The minimum atomic E-state index is -0.420. The molecule has 3 heteroatoms. The van der Waals surface area contributed by atoms with Crippen LogP contribution in [0.3, 0.4) is 0 Å². The van der Waals surface area contributed by atoms with Crippen LogP contribution < -0.4 is 0 Å². The first-order valence-corrected chi connectivity index (χ1v) is 3.76. The molecular formula is C9H12O3. The van der Waals surface area contributed by atoms with Crippen molar-refractivity contribution < 1.29 is 14.9 Å². The molecule has 0 heterocycles. The van der Waals surface area contributed by atoms with Crippen molar-refractivity contribution in [2.75, 3.05) is 13.4 Å². The Morgan fingerprint density at radius 3 is 2.33 bits per heavy atom. The van der Waals surface area contributed by atoms with Crippen LogP contribution in [0.15, 0.2) is 30.3 Å². The van der Waals surface area contributed by atoms with Crippen LogP contribution in [0.2, 0.25) is 0 Å². The first-order valence-electron chi connectivity index (χ1n) is 3.76. The minimum Gasteiger partial charge on any atom is -0.393 e. The van der Waals surface area contributed by atoms with E-state index >= 15 is 0 Å². The molecule has 1 aromatic rings. The van der Waals surface area contributed by atoms with Gasteiger partial charge in [-0.2, -0.15) is 0 Å². The summed E-state index contributed by atoms with van der Waals surface area (Å²) in [4.78, 5) is 0. The molecule has 0 aromatic heterocycles. The zero-order valence-corrected chi connectivity index (χ0v) is 6.68. The van der Waals surface area contributed by atoms with Gasteiger partial charge in [0, 0.05) is 0 Å². The van der Waals surface area contributed by atoms with Crippen molar-refractivity contribution in [3.05, 3.63) is 35.9 Å². The maximum absolute atomic E-state index is 8.87. The summed E-state index contributed by atoms with van der Waals surface area (Å²) in [6.45, 7) is -0.495. The molecule has 0 saturated heterocycles. The third kappa shape index (κ3) is 2.30. The lowest BCUT2D eigenvalue weighted by atomic mass is 10.1. The van der Waals surface area contributed by atoms with Gasteiger partial charge < -0.3 is 14.9 Å². The van der Waals surface area contributed by atoms with Crippen molar-refractivity contribution in [2.45, 2.75) is 6.10 Å². The van der Waals surface area contributed by atoms with Crippen LogP contribution in [0, 0.1) is 0 Å². The molecule has 0 aliphatic carbocycles. The molecule has 2 N–H and O–H groups in total. The molecule has 0 saturated carbocycles. The summed E-state index contributed by atoms with van der Waals surface area (Å²) in [5, 5.41) is 17.4. The topological polar surface area (TPSA) is 49.7 Å². The molecule has 0 radical (unpaired) electrons. The first-order chi connectivity index (χ1) is 5.88. The van der Waals surface area contributed by atoms with Gasteiger partial charge in [0.15, 0.2) is 0 Å². The summed E-state index contributed by atoms with van der Waals surface area (Å²) in [5.41, 5.74) is 0.869. The summed E-state index contributed by atoms with van der Waals surface area (Å²) in [5.74, 6) is 0. The molecule has 0 fully saturated rings. The van der Waals surface area contributed by atoms with Crippen LogP contribution in [0.5, 0.6) is 0 Å². The normalized spacial score (nSPS) is 12.8. The molecule has 66 valence electrons. The lowest BCUT2D eigenvalue weighted by Crippen LogP contribution is -2.09. The number of hydrogen-bond acceptors (Lipinski definition) is 3. The lowest BCUT2D eigenvalue weighted by Gasteiger charge is -2.13. The number of ether oxygens (including phenoxy) is 1. The van der Waals surface area contributed by atoms with Gasteiger partial charge in [0.1, 0.15) is 12.9 Å². The second-order valence-corrected chi connectivity index (χ2v) is 2.38. The second-order valence-electron chi connectivity index (χ2n) is 2.38. The van der Waals surface area contributed by atoms with Crippen molar-refractivity contribution in [3.8, 4) is 0 Å². The van der Waals surface area contributed by atoms with E-state index in [0.29, 0.717) is 0 Å². The van der Waals surface area contributed by atoms with Crippen molar-refractivity contribution in [1.29, 1.82) is 0 Å². The average Bonchev–Trinajstić information content (AvgIpc) is 2.15. The molecule has 1 unspecified atom stereocenters. The highest BCUT2D eigenvalue weighted by Gasteiger charge is 2.08. The van der Waals surface area contributed by atoms with E-state index < -0.39 is 6.10 Å². The molecule has 1 aromatic carbocycles. The predicted molar refractivity (Wildman–Crippen MR) is 44.4 cm³/mol. The number of aliphatic hydroxyl groups is 2. The van der Waals surface area contributed by atoms with Crippen LogP contribution in [0.1, 0.15) is 11.7 Å². The van der Waals surface area contributed by atoms with E-state index in [9.17, 15) is 0 Å². The Hall–Kier alpha value is -0.900. The quantitative estimate of drug-likeness (QED) is 0.650. The number of aliphatic hydroxyl groups excluding tert-OH is 2. The monoisotopic (exact) mass is 168 g/mol. The summed E-state index contributed by atoms with van der Waals surface area (Å²) in [6, 6.07) is 9.29. The summed E-state index contributed by atoms with van der Waals surface area (Å²) >= 11 is 0. The summed E-state index contributed by atoms with van der Waals surface area (Å²) in [7, 11) is 0. The Balaban J connectivity index is 2.66. The van der Waals surface area contributed by atoms with E-state index in [1.165, 1.54) is 0 Å². The number of benzene rings is 1. The molecule has 0 spiro atoms. The van der Waals surface area contributed by atoms with Crippen molar-refractivity contribution >= 4 is 0 Å². The van der Waals surface area contributed by atoms with Gasteiger partial charge in [-0.1, -0.05) is 30.3 Å². The van der Waals surface area contributed by atoms with Gasteiger partial charge in [-0.15, -0.1) is 0 Å².